The minimum absolute atomic E-state index is 0.364. The minimum Gasteiger partial charge on any atom is -0.452 e. The highest BCUT2D eigenvalue weighted by atomic mass is 16.5. The molecule has 1 aliphatic rings. The molecule has 0 radical (unpaired) electrons. The first kappa shape index (κ1) is 9.77. The summed E-state index contributed by atoms with van der Waals surface area (Å²) in [6.45, 7) is 0.364. The van der Waals surface area contributed by atoms with Crippen molar-refractivity contribution in [2.24, 2.45) is 5.10 Å². The summed E-state index contributed by atoms with van der Waals surface area (Å²) >= 11 is 0. The Morgan fingerprint density at radius 2 is 1.82 bits per heavy atom. The summed E-state index contributed by atoms with van der Waals surface area (Å²) in [6, 6.07) is 11.3. The van der Waals surface area contributed by atoms with Gasteiger partial charge in [0.05, 0.1) is 0 Å². The van der Waals surface area contributed by atoms with Gasteiger partial charge in [-0.3, -0.25) is 4.98 Å². The number of hydrogen-bond donors (Lipinski definition) is 0. The molecule has 0 N–H and O–H groups in total. The Morgan fingerprint density at radius 3 is 2.53 bits per heavy atom. The molecule has 0 atom stereocenters. The molecule has 17 heavy (non-hydrogen) atoms. The second-order valence-corrected chi connectivity index (χ2v) is 3.48. The lowest BCUT2D eigenvalue weighted by molar-refractivity contribution is 0.336. The first-order valence-corrected chi connectivity index (χ1v) is 5.25. The average Bonchev–Trinajstić information content (AvgIpc) is 2.90. The van der Waals surface area contributed by atoms with Crippen LogP contribution in [0.4, 0.5) is 5.82 Å². The van der Waals surface area contributed by atoms with Crippen LogP contribution in [-0.4, -0.2) is 22.6 Å². The maximum absolute atomic E-state index is 5.48. The highest BCUT2D eigenvalue weighted by Gasteiger charge is 2.19. The molecule has 0 saturated carbocycles. The van der Waals surface area contributed by atoms with E-state index >= 15 is 0 Å². The van der Waals surface area contributed by atoms with Gasteiger partial charge in [0.1, 0.15) is 5.69 Å². The number of nitrogens with zero attached hydrogens (tertiary/aromatic N) is 4. The van der Waals surface area contributed by atoms with Crippen molar-refractivity contribution in [1.29, 1.82) is 0 Å². The minimum atomic E-state index is 0.364. The Kier molecular flexibility index (Phi) is 2.42. The number of ether oxygens (including phenoxy) is 1. The van der Waals surface area contributed by atoms with E-state index in [1.54, 1.807) is 17.4 Å². The monoisotopic (exact) mass is 226 g/mol. The van der Waals surface area contributed by atoms with E-state index in [0.717, 1.165) is 11.5 Å². The fourth-order valence-corrected chi connectivity index (χ4v) is 1.53. The van der Waals surface area contributed by atoms with Gasteiger partial charge in [-0.1, -0.05) is 12.1 Å². The van der Waals surface area contributed by atoms with Crippen LogP contribution < -0.4 is 5.01 Å². The third-order valence-corrected chi connectivity index (χ3v) is 2.33. The lowest BCUT2D eigenvalue weighted by atomic mass is 10.3. The van der Waals surface area contributed by atoms with Gasteiger partial charge in [0.15, 0.2) is 12.5 Å². The Labute approximate surface area is 98.4 Å². The van der Waals surface area contributed by atoms with Gasteiger partial charge in [-0.15, -0.1) is 5.10 Å². The van der Waals surface area contributed by atoms with Gasteiger partial charge in [0, 0.05) is 12.4 Å². The zero-order valence-electron chi connectivity index (χ0n) is 9.02. The van der Waals surface area contributed by atoms with Crippen LogP contribution in [0, 0.1) is 0 Å². The molecule has 0 fully saturated rings. The van der Waals surface area contributed by atoms with Crippen LogP contribution in [0.2, 0.25) is 0 Å². The zero-order chi connectivity index (χ0) is 11.5. The van der Waals surface area contributed by atoms with E-state index in [-0.39, 0.29) is 0 Å². The summed E-state index contributed by atoms with van der Waals surface area (Å²) in [5, 5.41) is 6.03. The third-order valence-electron chi connectivity index (χ3n) is 2.33. The number of hydrazone groups is 1. The molecule has 1 aliphatic heterocycles. The van der Waals surface area contributed by atoms with Gasteiger partial charge >= 0.3 is 0 Å². The molecular weight excluding hydrogens is 216 g/mol. The smallest absolute Gasteiger partial charge is 0.259 e. The molecule has 0 aromatic carbocycles. The Morgan fingerprint density at radius 1 is 1.00 bits per heavy atom. The van der Waals surface area contributed by atoms with E-state index in [0.29, 0.717) is 12.6 Å². The molecule has 2 aromatic rings. The van der Waals surface area contributed by atoms with Crippen molar-refractivity contribution >= 4 is 11.7 Å². The summed E-state index contributed by atoms with van der Waals surface area (Å²) in [4.78, 5) is 8.39. The van der Waals surface area contributed by atoms with Crippen LogP contribution in [-0.2, 0) is 4.74 Å². The fourth-order valence-electron chi connectivity index (χ4n) is 1.53. The number of hydrogen-bond acceptors (Lipinski definition) is 5. The summed E-state index contributed by atoms with van der Waals surface area (Å²) < 4.78 is 5.48. The van der Waals surface area contributed by atoms with E-state index in [1.165, 1.54) is 0 Å². The molecule has 0 aliphatic carbocycles. The van der Waals surface area contributed by atoms with Crippen molar-refractivity contribution in [2.75, 3.05) is 11.7 Å². The Bertz CT molecular complexity index is 527. The van der Waals surface area contributed by atoms with Gasteiger partial charge in [0.2, 0.25) is 0 Å². The van der Waals surface area contributed by atoms with Gasteiger partial charge < -0.3 is 4.74 Å². The van der Waals surface area contributed by atoms with Crippen molar-refractivity contribution in [1.82, 2.24) is 9.97 Å². The van der Waals surface area contributed by atoms with Gasteiger partial charge in [-0.05, 0) is 24.3 Å². The maximum Gasteiger partial charge on any atom is 0.259 e. The molecule has 3 heterocycles. The number of aromatic nitrogens is 2. The second-order valence-electron chi connectivity index (χ2n) is 3.48. The van der Waals surface area contributed by atoms with Crippen molar-refractivity contribution in [3.8, 4) is 0 Å². The molecule has 0 amide bonds. The normalized spacial score (nSPS) is 14.4. The van der Waals surface area contributed by atoms with Crippen molar-refractivity contribution < 1.29 is 4.74 Å². The van der Waals surface area contributed by atoms with Crippen LogP contribution in [0.3, 0.4) is 0 Å². The maximum atomic E-state index is 5.48. The number of rotatable bonds is 2. The quantitative estimate of drug-likeness (QED) is 0.781. The topological polar surface area (TPSA) is 50.6 Å². The summed E-state index contributed by atoms with van der Waals surface area (Å²) in [5.74, 6) is 1.29. The first-order chi connectivity index (χ1) is 8.43. The molecule has 0 unspecified atom stereocenters. The second kappa shape index (κ2) is 4.21. The molecule has 0 bridgehead atoms. The zero-order valence-corrected chi connectivity index (χ0v) is 9.02. The average molecular weight is 226 g/mol. The molecule has 3 rings (SSSR count). The van der Waals surface area contributed by atoms with Crippen molar-refractivity contribution in [2.45, 2.75) is 0 Å². The van der Waals surface area contributed by atoms with Crippen LogP contribution in [0.1, 0.15) is 5.69 Å². The van der Waals surface area contributed by atoms with E-state index in [1.807, 2.05) is 36.4 Å². The van der Waals surface area contributed by atoms with Crippen molar-refractivity contribution in [3.63, 3.8) is 0 Å². The largest absolute Gasteiger partial charge is 0.452 e. The van der Waals surface area contributed by atoms with E-state index in [9.17, 15) is 0 Å². The van der Waals surface area contributed by atoms with Crippen LogP contribution in [0.15, 0.2) is 53.9 Å². The fraction of sp³-hybridized carbons (Fsp3) is 0.0833. The van der Waals surface area contributed by atoms with Crippen LogP contribution in [0.5, 0.6) is 0 Å². The molecule has 2 aromatic heterocycles. The van der Waals surface area contributed by atoms with Crippen molar-refractivity contribution in [3.05, 3.63) is 54.5 Å². The SMILES string of the molecule is c1ccc(C2=NN(c3ccccn3)CO2)nc1. The summed E-state index contributed by atoms with van der Waals surface area (Å²) in [5.41, 5.74) is 0.728. The summed E-state index contributed by atoms with van der Waals surface area (Å²) in [6.07, 6.45) is 3.44. The Hall–Kier alpha value is -2.43. The molecule has 84 valence electrons. The molecule has 0 spiro atoms. The molecule has 0 saturated heterocycles. The highest BCUT2D eigenvalue weighted by Crippen LogP contribution is 2.16. The predicted octanol–water partition coefficient (Wildman–Crippen LogP) is 1.63. The van der Waals surface area contributed by atoms with Crippen LogP contribution in [0.25, 0.3) is 0 Å². The van der Waals surface area contributed by atoms with Gasteiger partial charge in [-0.2, -0.15) is 0 Å². The van der Waals surface area contributed by atoms with E-state index < -0.39 is 0 Å². The van der Waals surface area contributed by atoms with E-state index in [2.05, 4.69) is 15.1 Å². The number of anilines is 1. The van der Waals surface area contributed by atoms with Crippen LogP contribution >= 0.6 is 0 Å². The lowest BCUT2D eigenvalue weighted by Gasteiger charge is -2.08. The summed E-state index contributed by atoms with van der Waals surface area (Å²) in [7, 11) is 0. The highest BCUT2D eigenvalue weighted by molar-refractivity contribution is 5.93. The first-order valence-electron chi connectivity index (χ1n) is 5.25. The predicted molar refractivity (Wildman–Crippen MR) is 63.4 cm³/mol. The standard InChI is InChI=1S/C12H10N4O/c1-3-7-13-10(5-1)12-15-16(9-17-12)11-6-2-4-8-14-11/h1-8H,9H2. The number of pyridine rings is 2. The van der Waals surface area contributed by atoms with Gasteiger partial charge in [0.25, 0.3) is 5.90 Å². The molecular formula is C12H10N4O. The third kappa shape index (κ3) is 1.94. The van der Waals surface area contributed by atoms with Gasteiger partial charge in [-0.25, -0.2) is 9.99 Å². The molecule has 5 heteroatoms. The van der Waals surface area contributed by atoms with E-state index in [4.69, 9.17) is 4.74 Å². The lowest BCUT2D eigenvalue weighted by Crippen LogP contribution is -2.13. The Balaban J connectivity index is 1.87. The molecule has 5 nitrogen and oxygen atoms in total.